The Bertz CT molecular complexity index is 1360. The summed E-state index contributed by atoms with van der Waals surface area (Å²) >= 11 is 6.18. The monoisotopic (exact) mass is 467 g/mol. The lowest BCUT2D eigenvalue weighted by molar-refractivity contribution is 0.0997. The van der Waals surface area contributed by atoms with Crippen LogP contribution < -0.4 is 14.8 Å². The summed E-state index contributed by atoms with van der Waals surface area (Å²) in [6.07, 6.45) is 0. The fraction of sp³-hybridized carbons (Fsp3) is 0.120. The van der Waals surface area contributed by atoms with Crippen LogP contribution in [0.2, 0.25) is 5.02 Å². The number of Topliss-reactive ketones (excluding diaryl/α,β-unsaturated/α-hetero) is 1. The van der Waals surface area contributed by atoms with Crippen molar-refractivity contribution in [3.63, 3.8) is 0 Å². The van der Waals surface area contributed by atoms with Gasteiger partial charge in [-0.15, -0.1) is 0 Å². The maximum atomic E-state index is 14.0. The van der Waals surface area contributed by atoms with Crippen molar-refractivity contribution in [2.45, 2.75) is 0 Å². The second-order valence-corrected chi connectivity index (χ2v) is 7.51. The number of methoxy groups -OCH3 is 2. The number of furan rings is 1. The van der Waals surface area contributed by atoms with Crippen LogP contribution in [0.15, 0.2) is 65.1 Å². The van der Waals surface area contributed by atoms with Crippen LogP contribution in [0.25, 0.3) is 11.0 Å². The van der Waals surface area contributed by atoms with E-state index in [0.29, 0.717) is 28.0 Å². The molecule has 1 heterocycles. The van der Waals surface area contributed by atoms with E-state index < -0.39 is 11.6 Å². The summed E-state index contributed by atoms with van der Waals surface area (Å²) in [4.78, 5) is 25.9. The van der Waals surface area contributed by atoms with E-state index in [1.165, 1.54) is 32.4 Å². The molecule has 0 amide bonds. The second-order valence-electron chi connectivity index (χ2n) is 7.11. The zero-order valence-electron chi connectivity index (χ0n) is 17.8. The van der Waals surface area contributed by atoms with Crippen molar-refractivity contribution in [1.82, 2.24) is 0 Å². The van der Waals surface area contributed by atoms with Gasteiger partial charge in [-0.05, 0) is 48.5 Å². The van der Waals surface area contributed by atoms with Crippen LogP contribution in [0.5, 0.6) is 11.5 Å². The van der Waals surface area contributed by atoms with Crippen LogP contribution in [0, 0.1) is 5.82 Å². The van der Waals surface area contributed by atoms with Crippen molar-refractivity contribution in [2.75, 3.05) is 26.1 Å². The maximum absolute atomic E-state index is 14.0. The molecule has 0 radical (unpaired) electrons. The standard InChI is InChI=1S/C25H19ClFNO5/c1-31-21-9-8-15(11-17(21)26)24(30)25-23(16-5-3-4-6-20(16)33-25)28-13-19(29)14-7-10-22(32-2)18(27)12-14/h3-12,28H,13H2,1-2H3. The Morgan fingerprint density at radius 3 is 2.36 bits per heavy atom. The van der Waals surface area contributed by atoms with Crippen molar-refractivity contribution >= 4 is 39.8 Å². The summed E-state index contributed by atoms with van der Waals surface area (Å²) in [5.41, 5.74) is 1.31. The first-order chi connectivity index (χ1) is 15.9. The molecule has 0 aliphatic carbocycles. The molecule has 0 aliphatic heterocycles. The van der Waals surface area contributed by atoms with Gasteiger partial charge < -0.3 is 19.2 Å². The largest absolute Gasteiger partial charge is 0.495 e. The third-order valence-electron chi connectivity index (χ3n) is 5.12. The Hall–Kier alpha value is -3.84. The van der Waals surface area contributed by atoms with E-state index in [4.69, 9.17) is 25.5 Å². The Balaban J connectivity index is 1.65. The van der Waals surface area contributed by atoms with Crippen LogP contribution in [-0.4, -0.2) is 32.3 Å². The SMILES string of the molecule is COc1ccc(C(=O)CNc2c(C(=O)c3ccc(OC)c(Cl)c3)oc3ccccc23)cc1F. The molecule has 4 aromatic rings. The molecule has 1 N–H and O–H groups in total. The van der Waals surface area contributed by atoms with E-state index >= 15 is 0 Å². The van der Waals surface area contributed by atoms with Crippen LogP contribution in [-0.2, 0) is 0 Å². The number of para-hydroxylation sites is 1. The van der Waals surface area contributed by atoms with E-state index in [0.717, 1.165) is 6.07 Å². The van der Waals surface area contributed by atoms with Crippen molar-refractivity contribution in [2.24, 2.45) is 0 Å². The van der Waals surface area contributed by atoms with Crippen molar-refractivity contribution in [1.29, 1.82) is 0 Å². The highest BCUT2D eigenvalue weighted by atomic mass is 35.5. The number of halogens is 2. The van der Waals surface area contributed by atoms with Crippen LogP contribution in [0.4, 0.5) is 10.1 Å². The molecule has 4 rings (SSSR count). The van der Waals surface area contributed by atoms with Gasteiger partial charge >= 0.3 is 0 Å². The molecule has 0 unspecified atom stereocenters. The lowest BCUT2D eigenvalue weighted by Gasteiger charge is -2.09. The lowest BCUT2D eigenvalue weighted by Crippen LogP contribution is -2.16. The fourth-order valence-electron chi connectivity index (χ4n) is 3.43. The summed E-state index contributed by atoms with van der Waals surface area (Å²) in [5, 5.41) is 3.91. The van der Waals surface area contributed by atoms with Gasteiger partial charge in [0, 0.05) is 16.5 Å². The zero-order chi connectivity index (χ0) is 23.5. The molecule has 168 valence electrons. The summed E-state index contributed by atoms with van der Waals surface area (Å²) < 4.78 is 29.8. The summed E-state index contributed by atoms with van der Waals surface area (Å²) in [7, 11) is 2.83. The van der Waals surface area contributed by atoms with Gasteiger partial charge in [-0.3, -0.25) is 9.59 Å². The predicted molar refractivity (Wildman–Crippen MR) is 123 cm³/mol. The van der Waals surface area contributed by atoms with Crippen LogP contribution >= 0.6 is 11.6 Å². The predicted octanol–water partition coefficient (Wildman–Crippen LogP) is 5.77. The molecule has 0 spiro atoms. The Labute approximate surface area is 193 Å². The molecule has 8 heteroatoms. The minimum atomic E-state index is -0.635. The molecular weight excluding hydrogens is 449 g/mol. The maximum Gasteiger partial charge on any atom is 0.230 e. The van der Waals surface area contributed by atoms with Gasteiger partial charge in [0.05, 0.1) is 31.5 Å². The molecule has 6 nitrogen and oxygen atoms in total. The number of hydrogen-bond acceptors (Lipinski definition) is 6. The van der Waals surface area contributed by atoms with Gasteiger partial charge in [0.25, 0.3) is 0 Å². The minimum absolute atomic E-state index is 0.0335. The van der Waals surface area contributed by atoms with Gasteiger partial charge in [0.15, 0.2) is 23.1 Å². The van der Waals surface area contributed by atoms with Crippen molar-refractivity contribution < 1.29 is 27.9 Å². The number of nitrogens with one attached hydrogen (secondary N) is 1. The van der Waals surface area contributed by atoms with E-state index in [9.17, 15) is 14.0 Å². The highest BCUT2D eigenvalue weighted by Gasteiger charge is 2.23. The van der Waals surface area contributed by atoms with Gasteiger partial charge in [-0.2, -0.15) is 0 Å². The summed E-state index contributed by atoms with van der Waals surface area (Å²) in [6, 6.07) is 15.7. The fourth-order valence-corrected chi connectivity index (χ4v) is 3.69. The van der Waals surface area contributed by atoms with Gasteiger partial charge in [0.1, 0.15) is 11.3 Å². The number of carbonyl (C=O) groups is 2. The number of ketones is 2. The second kappa shape index (κ2) is 9.34. The minimum Gasteiger partial charge on any atom is -0.495 e. The number of carbonyl (C=O) groups excluding carboxylic acids is 2. The number of hydrogen-bond donors (Lipinski definition) is 1. The number of benzene rings is 3. The number of fused-ring (bicyclic) bond motifs is 1. The van der Waals surface area contributed by atoms with Crippen molar-refractivity contribution in [3.05, 3.63) is 88.4 Å². The summed E-state index contributed by atoms with van der Waals surface area (Å²) in [6.45, 7) is -0.182. The first-order valence-corrected chi connectivity index (χ1v) is 10.3. The number of rotatable bonds is 8. The van der Waals surface area contributed by atoms with E-state index in [-0.39, 0.29) is 34.4 Å². The third kappa shape index (κ3) is 4.40. The molecular formula is C25H19ClFNO5. The van der Waals surface area contributed by atoms with Gasteiger partial charge in [-0.25, -0.2) is 4.39 Å². The summed E-state index contributed by atoms with van der Waals surface area (Å²) in [5.74, 6) is -0.899. The molecule has 0 aliphatic rings. The molecule has 33 heavy (non-hydrogen) atoms. The molecule has 0 fully saturated rings. The first kappa shape index (κ1) is 22.4. The van der Waals surface area contributed by atoms with E-state index in [2.05, 4.69) is 5.32 Å². The smallest absolute Gasteiger partial charge is 0.230 e. The quantitative estimate of drug-likeness (QED) is 0.331. The van der Waals surface area contributed by atoms with Crippen LogP contribution in [0.1, 0.15) is 26.5 Å². The third-order valence-corrected chi connectivity index (χ3v) is 5.41. The highest BCUT2D eigenvalue weighted by Crippen LogP contribution is 2.34. The Morgan fingerprint density at radius 2 is 1.67 bits per heavy atom. The zero-order valence-corrected chi connectivity index (χ0v) is 18.5. The van der Waals surface area contributed by atoms with Gasteiger partial charge in [0.2, 0.25) is 5.78 Å². The molecule has 0 atom stereocenters. The lowest BCUT2D eigenvalue weighted by atomic mass is 10.1. The van der Waals surface area contributed by atoms with E-state index in [1.54, 1.807) is 36.4 Å². The molecule has 0 saturated carbocycles. The topological polar surface area (TPSA) is 77.8 Å². The normalized spacial score (nSPS) is 10.8. The molecule has 0 saturated heterocycles. The average Bonchev–Trinajstić information content (AvgIpc) is 3.20. The Morgan fingerprint density at radius 1 is 0.970 bits per heavy atom. The molecule has 3 aromatic carbocycles. The van der Waals surface area contributed by atoms with Crippen molar-refractivity contribution in [3.8, 4) is 11.5 Å². The molecule has 1 aromatic heterocycles. The average molecular weight is 468 g/mol. The van der Waals surface area contributed by atoms with Gasteiger partial charge in [-0.1, -0.05) is 23.7 Å². The number of ether oxygens (including phenoxy) is 2. The number of anilines is 1. The first-order valence-electron chi connectivity index (χ1n) is 9.93. The van der Waals surface area contributed by atoms with E-state index in [1.807, 2.05) is 0 Å². The Kier molecular flexibility index (Phi) is 6.33. The highest BCUT2D eigenvalue weighted by molar-refractivity contribution is 6.32. The molecule has 0 bridgehead atoms. The van der Waals surface area contributed by atoms with Crippen LogP contribution in [0.3, 0.4) is 0 Å².